The summed E-state index contributed by atoms with van der Waals surface area (Å²) in [7, 11) is 1.46. The smallest absolute Gasteiger partial charge is 0.224 e. The third kappa shape index (κ3) is 2.92. The molecule has 0 radical (unpaired) electrons. The molecule has 1 unspecified atom stereocenters. The minimum atomic E-state index is -0.618. The second-order valence-electron chi connectivity index (χ2n) is 3.60. The first-order chi connectivity index (χ1) is 8.56. The number of hydrogen-bond donors (Lipinski definition) is 2. The van der Waals surface area contributed by atoms with Gasteiger partial charge >= 0.3 is 0 Å². The number of hydrogen-bond acceptors (Lipinski definition) is 4. The summed E-state index contributed by atoms with van der Waals surface area (Å²) in [6.07, 6.45) is 0.979. The Hall–Kier alpha value is -1.76. The molecule has 0 spiro atoms. The number of nitrogens with zero attached hydrogens (tertiary/aromatic N) is 2. The Labute approximate surface area is 108 Å². The third-order valence-electron chi connectivity index (χ3n) is 2.25. The number of anilines is 2. The van der Waals surface area contributed by atoms with Crippen LogP contribution in [-0.4, -0.2) is 17.0 Å². The van der Waals surface area contributed by atoms with E-state index in [0.717, 1.165) is 6.20 Å². The van der Waals surface area contributed by atoms with E-state index in [2.05, 4.69) is 15.3 Å². The summed E-state index contributed by atoms with van der Waals surface area (Å²) in [6, 6.07) is 6.68. The predicted molar refractivity (Wildman–Crippen MR) is 66.6 cm³/mol. The molecule has 1 atom stereocenters. The van der Waals surface area contributed by atoms with Crippen LogP contribution in [0, 0.1) is 11.0 Å². The maximum atomic E-state index is 13.4. The van der Waals surface area contributed by atoms with Crippen molar-refractivity contribution in [3.05, 3.63) is 46.8 Å². The van der Waals surface area contributed by atoms with Gasteiger partial charge in [0, 0.05) is 11.8 Å². The van der Waals surface area contributed by atoms with E-state index >= 15 is 0 Å². The highest BCUT2D eigenvalue weighted by molar-refractivity contribution is 6.28. The molecule has 7 heteroatoms. The van der Waals surface area contributed by atoms with Crippen LogP contribution in [0.4, 0.5) is 21.6 Å². The van der Waals surface area contributed by atoms with Crippen LogP contribution in [-0.2, 0) is 0 Å². The Morgan fingerprint density at radius 3 is 2.94 bits per heavy atom. The van der Waals surface area contributed by atoms with Crippen molar-refractivity contribution in [1.29, 1.82) is 0 Å². The predicted octanol–water partition coefficient (Wildman–Crippen LogP) is 1.66. The molecule has 1 aromatic carbocycles. The molecule has 2 aromatic rings. The molecule has 0 aliphatic carbocycles. The van der Waals surface area contributed by atoms with Gasteiger partial charge in [0.1, 0.15) is 5.69 Å². The second-order valence-corrected chi connectivity index (χ2v) is 3.94. The normalized spacial score (nSPS) is 12.2. The fourth-order valence-electron chi connectivity index (χ4n) is 1.39. The summed E-state index contributed by atoms with van der Waals surface area (Å²) in [5.41, 5.74) is 1.08. The molecule has 0 aliphatic rings. The molecule has 1 heterocycles. The Bertz CT molecular complexity index is 564. The summed E-state index contributed by atoms with van der Waals surface area (Å²) in [6.45, 7) is 0. The molecular formula is C11H10ClFN4O. The van der Waals surface area contributed by atoms with Crippen molar-refractivity contribution in [2.75, 3.05) is 12.4 Å². The Morgan fingerprint density at radius 2 is 2.22 bits per heavy atom. The molecule has 0 fully saturated rings. The van der Waals surface area contributed by atoms with Crippen molar-refractivity contribution in [3.8, 4) is 0 Å². The van der Waals surface area contributed by atoms with Crippen molar-refractivity contribution in [1.82, 2.24) is 9.97 Å². The minimum Gasteiger partial charge on any atom is -0.629 e. The zero-order valence-corrected chi connectivity index (χ0v) is 10.2. The first-order valence-corrected chi connectivity index (χ1v) is 5.50. The van der Waals surface area contributed by atoms with Gasteiger partial charge in [-0.15, -0.1) is 0 Å². The van der Waals surface area contributed by atoms with Gasteiger partial charge in [-0.25, -0.2) is 9.37 Å². The molecule has 0 saturated heterocycles. The van der Waals surface area contributed by atoms with Gasteiger partial charge in [0.15, 0.2) is 11.6 Å². The molecule has 0 saturated carbocycles. The van der Waals surface area contributed by atoms with Crippen LogP contribution in [0.15, 0.2) is 30.5 Å². The molecule has 2 N–H and O–H groups in total. The van der Waals surface area contributed by atoms with Crippen LogP contribution >= 0.6 is 11.6 Å². The summed E-state index contributed by atoms with van der Waals surface area (Å²) in [5, 5.41) is 13.8. The standard InChI is InChI=1S/C11H10ClFN4O/c1-17(18)8-4-2-3-7(5-8)15-10-9(13)6-14-11(12)16-10/h2-6,17H,1H3,(H,14,15,16). The molecule has 94 valence electrons. The largest absolute Gasteiger partial charge is 0.629 e. The van der Waals surface area contributed by atoms with Crippen molar-refractivity contribution in [3.63, 3.8) is 0 Å². The molecular weight excluding hydrogens is 259 g/mol. The average Bonchev–Trinajstić information content (AvgIpc) is 2.34. The van der Waals surface area contributed by atoms with Crippen LogP contribution in [0.5, 0.6) is 0 Å². The molecule has 0 bridgehead atoms. The fourth-order valence-corrected chi connectivity index (χ4v) is 1.52. The molecule has 0 aliphatic heterocycles. The van der Waals surface area contributed by atoms with Gasteiger partial charge in [-0.05, 0) is 23.7 Å². The van der Waals surface area contributed by atoms with Crippen molar-refractivity contribution in [2.45, 2.75) is 0 Å². The Kier molecular flexibility index (Phi) is 3.71. The first-order valence-electron chi connectivity index (χ1n) is 5.12. The topological polar surface area (TPSA) is 65.3 Å². The van der Waals surface area contributed by atoms with Crippen LogP contribution < -0.4 is 10.4 Å². The number of nitrogens with one attached hydrogen (secondary N) is 2. The number of quaternary nitrogens is 1. The number of hydroxylamine groups is 1. The highest BCUT2D eigenvalue weighted by Crippen LogP contribution is 2.19. The lowest BCUT2D eigenvalue weighted by molar-refractivity contribution is -0.751. The second kappa shape index (κ2) is 5.26. The van der Waals surface area contributed by atoms with Crippen LogP contribution in [0.2, 0.25) is 5.28 Å². The van der Waals surface area contributed by atoms with Gasteiger partial charge in [0.2, 0.25) is 5.28 Å². The van der Waals surface area contributed by atoms with Crippen molar-refractivity contribution in [2.24, 2.45) is 0 Å². The maximum absolute atomic E-state index is 13.4. The lowest BCUT2D eigenvalue weighted by atomic mass is 10.2. The third-order valence-corrected chi connectivity index (χ3v) is 2.43. The van der Waals surface area contributed by atoms with Gasteiger partial charge < -0.3 is 15.6 Å². The van der Waals surface area contributed by atoms with Crippen LogP contribution in [0.25, 0.3) is 0 Å². The van der Waals surface area contributed by atoms with E-state index in [-0.39, 0.29) is 16.2 Å². The zero-order chi connectivity index (χ0) is 13.1. The summed E-state index contributed by atoms with van der Waals surface area (Å²) < 4.78 is 13.4. The van der Waals surface area contributed by atoms with E-state index < -0.39 is 5.82 Å². The van der Waals surface area contributed by atoms with E-state index in [1.165, 1.54) is 7.05 Å². The fraction of sp³-hybridized carbons (Fsp3) is 0.0909. The Morgan fingerprint density at radius 1 is 1.44 bits per heavy atom. The van der Waals surface area contributed by atoms with Gasteiger partial charge in [-0.2, -0.15) is 4.98 Å². The number of halogens is 2. The monoisotopic (exact) mass is 268 g/mol. The lowest BCUT2D eigenvalue weighted by Gasteiger charge is -2.16. The van der Waals surface area contributed by atoms with Gasteiger partial charge in [0.25, 0.3) is 0 Å². The van der Waals surface area contributed by atoms with E-state index in [1.54, 1.807) is 24.3 Å². The van der Waals surface area contributed by atoms with Gasteiger partial charge in [0.05, 0.1) is 13.2 Å². The average molecular weight is 269 g/mol. The molecule has 5 nitrogen and oxygen atoms in total. The number of aromatic nitrogens is 2. The SMILES string of the molecule is C[NH+]([O-])c1cccc(Nc2nc(Cl)ncc2F)c1. The summed E-state index contributed by atoms with van der Waals surface area (Å²) in [5.74, 6) is -0.650. The highest BCUT2D eigenvalue weighted by Gasteiger charge is 2.07. The zero-order valence-electron chi connectivity index (χ0n) is 9.45. The van der Waals surface area contributed by atoms with E-state index in [9.17, 15) is 9.60 Å². The van der Waals surface area contributed by atoms with Crippen molar-refractivity contribution >= 4 is 28.8 Å². The van der Waals surface area contributed by atoms with E-state index in [1.807, 2.05) is 0 Å². The lowest BCUT2D eigenvalue weighted by Crippen LogP contribution is -2.98. The summed E-state index contributed by atoms with van der Waals surface area (Å²) in [4.78, 5) is 7.24. The van der Waals surface area contributed by atoms with E-state index in [0.29, 0.717) is 11.4 Å². The minimum absolute atomic E-state index is 0.0318. The first kappa shape index (κ1) is 12.7. The van der Waals surface area contributed by atoms with Crippen molar-refractivity contribution < 1.29 is 9.45 Å². The number of benzene rings is 1. The molecule has 1 aromatic heterocycles. The molecule has 2 rings (SSSR count). The maximum Gasteiger partial charge on any atom is 0.224 e. The van der Waals surface area contributed by atoms with Gasteiger partial charge in [-0.1, -0.05) is 6.07 Å². The van der Waals surface area contributed by atoms with Crippen LogP contribution in [0.1, 0.15) is 0 Å². The highest BCUT2D eigenvalue weighted by atomic mass is 35.5. The van der Waals surface area contributed by atoms with Crippen LogP contribution in [0.3, 0.4) is 0 Å². The van der Waals surface area contributed by atoms with Gasteiger partial charge in [-0.3, -0.25) is 0 Å². The number of rotatable bonds is 3. The van der Waals surface area contributed by atoms with E-state index in [4.69, 9.17) is 11.6 Å². The molecule has 18 heavy (non-hydrogen) atoms. The quantitative estimate of drug-likeness (QED) is 0.656. The molecule has 0 amide bonds. The Balaban J connectivity index is 2.28. The summed E-state index contributed by atoms with van der Waals surface area (Å²) >= 11 is 5.58.